The van der Waals surface area contributed by atoms with Crippen molar-refractivity contribution < 1.29 is 18.7 Å². The van der Waals surface area contributed by atoms with Gasteiger partial charge in [-0.2, -0.15) is 5.10 Å². The molecule has 1 atom stereocenters. The number of anilines is 1. The number of benzene rings is 2. The average Bonchev–Trinajstić information content (AvgIpc) is 3.27. The number of aromatic amines is 1. The summed E-state index contributed by atoms with van der Waals surface area (Å²) in [4.78, 5) is 14.3. The molecule has 0 saturated carbocycles. The number of nitrogens with zero attached hydrogens (tertiary/aromatic N) is 2. The molecule has 1 aliphatic rings. The van der Waals surface area contributed by atoms with Gasteiger partial charge in [-0.1, -0.05) is 12.1 Å². The first-order chi connectivity index (χ1) is 15.0. The fourth-order valence-corrected chi connectivity index (χ4v) is 3.45. The van der Waals surface area contributed by atoms with Crippen LogP contribution in [0.2, 0.25) is 0 Å². The SMILES string of the molecule is CCOc1ccc(OC2CN(c3ccc([C@H](C)NC(=O)c4cn[nH]c4)cc3)C2)c(F)c1. The Morgan fingerprint density at radius 1 is 1.29 bits per heavy atom. The summed E-state index contributed by atoms with van der Waals surface area (Å²) >= 11 is 0. The molecule has 0 unspecified atom stereocenters. The first kappa shape index (κ1) is 20.7. The van der Waals surface area contributed by atoms with E-state index in [4.69, 9.17) is 9.47 Å². The molecular weight excluding hydrogens is 399 g/mol. The smallest absolute Gasteiger partial charge is 0.254 e. The molecule has 1 aromatic heterocycles. The number of rotatable bonds is 8. The number of hydrogen-bond acceptors (Lipinski definition) is 5. The molecule has 1 aliphatic heterocycles. The van der Waals surface area contributed by atoms with E-state index < -0.39 is 5.82 Å². The van der Waals surface area contributed by atoms with Crippen molar-refractivity contribution in [1.29, 1.82) is 0 Å². The molecule has 3 aromatic rings. The number of nitrogens with one attached hydrogen (secondary N) is 2. The van der Waals surface area contributed by atoms with Gasteiger partial charge < -0.3 is 19.7 Å². The third-order valence-corrected chi connectivity index (χ3v) is 5.22. The van der Waals surface area contributed by atoms with Crippen LogP contribution in [0.25, 0.3) is 0 Å². The summed E-state index contributed by atoms with van der Waals surface area (Å²) in [7, 11) is 0. The summed E-state index contributed by atoms with van der Waals surface area (Å²) in [5.41, 5.74) is 2.56. The Labute approximate surface area is 180 Å². The Hall–Kier alpha value is -3.55. The summed E-state index contributed by atoms with van der Waals surface area (Å²) < 4.78 is 25.2. The average molecular weight is 424 g/mol. The van der Waals surface area contributed by atoms with Crippen molar-refractivity contribution in [3.05, 3.63) is 71.8 Å². The molecular formula is C23H25FN4O3. The minimum atomic E-state index is -0.416. The molecule has 0 bridgehead atoms. The van der Waals surface area contributed by atoms with E-state index in [2.05, 4.69) is 20.4 Å². The normalized spacial score (nSPS) is 14.6. The van der Waals surface area contributed by atoms with Crippen LogP contribution in [0.5, 0.6) is 11.5 Å². The lowest BCUT2D eigenvalue weighted by atomic mass is 10.1. The maximum atomic E-state index is 14.2. The third kappa shape index (κ3) is 4.79. The number of carbonyl (C=O) groups excluding carboxylic acids is 1. The zero-order chi connectivity index (χ0) is 21.8. The number of ether oxygens (including phenoxy) is 2. The second kappa shape index (κ2) is 9.07. The van der Waals surface area contributed by atoms with Crippen LogP contribution in [-0.2, 0) is 0 Å². The van der Waals surface area contributed by atoms with Gasteiger partial charge in [0.2, 0.25) is 0 Å². The fourth-order valence-electron chi connectivity index (χ4n) is 3.45. The zero-order valence-electron chi connectivity index (χ0n) is 17.5. The van der Waals surface area contributed by atoms with Crippen LogP contribution in [0.4, 0.5) is 10.1 Å². The Bertz CT molecular complexity index is 1020. The molecule has 1 saturated heterocycles. The molecule has 1 amide bonds. The van der Waals surface area contributed by atoms with Gasteiger partial charge in [0.15, 0.2) is 11.6 Å². The Morgan fingerprint density at radius 2 is 2.06 bits per heavy atom. The van der Waals surface area contributed by atoms with Gasteiger partial charge in [0, 0.05) is 18.0 Å². The summed E-state index contributed by atoms with van der Waals surface area (Å²) in [6.45, 7) is 5.64. The molecule has 2 N–H and O–H groups in total. The largest absolute Gasteiger partial charge is 0.494 e. The highest BCUT2D eigenvalue weighted by Crippen LogP contribution is 2.28. The molecule has 1 fully saturated rings. The van der Waals surface area contributed by atoms with Crippen molar-refractivity contribution in [2.45, 2.75) is 26.0 Å². The molecule has 0 spiro atoms. The molecule has 0 aliphatic carbocycles. The first-order valence-electron chi connectivity index (χ1n) is 10.3. The maximum Gasteiger partial charge on any atom is 0.254 e. The number of hydrogen-bond donors (Lipinski definition) is 2. The summed E-state index contributed by atoms with van der Waals surface area (Å²) in [6.07, 6.45) is 2.99. The Balaban J connectivity index is 1.28. The van der Waals surface area contributed by atoms with Crippen LogP contribution in [0.1, 0.15) is 35.8 Å². The molecule has 7 nitrogen and oxygen atoms in total. The van der Waals surface area contributed by atoms with Crippen LogP contribution in [-0.4, -0.2) is 41.9 Å². The van der Waals surface area contributed by atoms with Crippen LogP contribution in [0, 0.1) is 5.82 Å². The Morgan fingerprint density at radius 3 is 2.71 bits per heavy atom. The standard InChI is InChI=1S/C23H25FN4O3/c1-3-30-19-8-9-22(21(24)10-19)31-20-13-28(14-20)18-6-4-16(5-7-18)15(2)27-23(29)17-11-25-26-12-17/h4-12,15,20H,3,13-14H2,1-2H3,(H,25,26)(H,27,29)/t15-/m0/s1. The van der Waals surface area contributed by atoms with E-state index in [0.29, 0.717) is 31.0 Å². The van der Waals surface area contributed by atoms with E-state index in [1.165, 1.54) is 12.3 Å². The van der Waals surface area contributed by atoms with Gasteiger partial charge in [-0.25, -0.2) is 4.39 Å². The minimum absolute atomic E-state index is 0.0692. The lowest BCUT2D eigenvalue weighted by Crippen LogP contribution is -2.54. The van der Waals surface area contributed by atoms with Gasteiger partial charge in [-0.3, -0.25) is 9.89 Å². The number of carbonyl (C=O) groups is 1. The molecule has 2 aromatic carbocycles. The molecule has 8 heteroatoms. The number of amides is 1. The number of aromatic nitrogens is 2. The van der Waals surface area contributed by atoms with Crippen molar-refractivity contribution in [3.8, 4) is 11.5 Å². The van der Waals surface area contributed by atoms with E-state index in [1.807, 2.05) is 38.1 Å². The van der Waals surface area contributed by atoms with Crippen molar-refractivity contribution in [2.24, 2.45) is 0 Å². The second-order valence-corrected chi connectivity index (χ2v) is 7.44. The van der Waals surface area contributed by atoms with Gasteiger partial charge in [-0.15, -0.1) is 0 Å². The van der Waals surface area contributed by atoms with E-state index in [0.717, 1.165) is 11.3 Å². The van der Waals surface area contributed by atoms with Gasteiger partial charge in [0.25, 0.3) is 5.91 Å². The molecule has 2 heterocycles. The highest BCUT2D eigenvalue weighted by atomic mass is 19.1. The zero-order valence-corrected chi connectivity index (χ0v) is 17.5. The highest BCUT2D eigenvalue weighted by Gasteiger charge is 2.29. The molecule has 162 valence electrons. The number of halogens is 1. The van der Waals surface area contributed by atoms with E-state index in [1.54, 1.807) is 18.3 Å². The van der Waals surface area contributed by atoms with Crippen molar-refractivity contribution in [3.63, 3.8) is 0 Å². The predicted molar refractivity (Wildman–Crippen MR) is 115 cm³/mol. The predicted octanol–water partition coefficient (Wildman–Crippen LogP) is 3.71. The molecule has 4 rings (SSSR count). The van der Waals surface area contributed by atoms with Crippen LogP contribution < -0.4 is 19.7 Å². The summed E-state index contributed by atoms with van der Waals surface area (Å²) in [6, 6.07) is 12.6. The van der Waals surface area contributed by atoms with Crippen molar-refractivity contribution in [2.75, 3.05) is 24.6 Å². The number of H-pyrrole nitrogens is 1. The van der Waals surface area contributed by atoms with Gasteiger partial charge >= 0.3 is 0 Å². The third-order valence-electron chi connectivity index (χ3n) is 5.22. The van der Waals surface area contributed by atoms with E-state index in [-0.39, 0.29) is 23.8 Å². The lowest BCUT2D eigenvalue weighted by Gasteiger charge is -2.40. The highest BCUT2D eigenvalue weighted by molar-refractivity contribution is 5.93. The van der Waals surface area contributed by atoms with Crippen LogP contribution in [0.15, 0.2) is 54.9 Å². The van der Waals surface area contributed by atoms with E-state index >= 15 is 0 Å². The fraction of sp³-hybridized carbons (Fsp3) is 0.304. The van der Waals surface area contributed by atoms with Gasteiger partial charge in [0.1, 0.15) is 11.9 Å². The van der Waals surface area contributed by atoms with Gasteiger partial charge in [-0.05, 0) is 43.7 Å². The van der Waals surface area contributed by atoms with Crippen LogP contribution in [0.3, 0.4) is 0 Å². The second-order valence-electron chi connectivity index (χ2n) is 7.44. The lowest BCUT2D eigenvalue weighted by molar-refractivity contribution is 0.0940. The molecule has 31 heavy (non-hydrogen) atoms. The van der Waals surface area contributed by atoms with E-state index in [9.17, 15) is 9.18 Å². The minimum Gasteiger partial charge on any atom is -0.494 e. The topological polar surface area (TPSA) is 79.5 Å². The van der Waals surface area contributed by atoms with Gasteiger partial charge in [0.05, 0.1) is 37.5 Å². The maximum absolute atomic E-state index is 14.2. The monoisotopic (exact) mass is 424 g/mol. The van der Waals surface area contributed by atoms with Crippen molar-refractivity contribution in [1.82, 2.24) is 15.5 Å². The quantitative estimate of drug-likeness (QED) is 0.576. The molecule has 0 radical (unpaired) electrons. The Kier molecular flexibility index (Phi) is 6.06. The van der Waals surface area contributed by atoms with Crippen molar-refractivity contribution >= 4 is 11.6 Å². The first-order valence-corrected chi connectivity index (χ1v) is 10.3. The van der Waals surface area contributed by atoms with Crippen LogP contribution >= 0.6 is 0 Å². The summed E-state index contributed by atoms with van der Waals surface area (Å²) in [5.74, 6) is 0.151. The summed E-state index contributed by atoms with van der Waals surface area (Å²) in [5, 5.41) is 9.37.